The average molecular weight is 453 g/mol. The quantitative estimate of drug-likeness (QED) is 0.296. The van der Waals surface area contributed by atoms with Crippen molar-refractivity contribution in [2.75, 3.05) is 40.4 Å². The molecule has 2 aromatic carbocycles. The molecule has 7 nitrogen and oxygen atoms in total. The molecule has 1 aliphatic heterocycles. The molecule has 0 bridgehead atoms. The number of rotatable bonds is 11. The zero-order valence-corrected chi connectivity index (χ0v) is 19.7. The second-order valence-electron chi connectivity index (χ2n) is 8.00. The van der Waals surface area contributed by atoms with Crippen LogP contribution in [0, 0.1) is 5.92 Å². The van der Waals surface area contributed by atoms with Crippen molar-refractivity contribution in [2.24, 2.45) is 5.92 Å². The minimum atomic E-state index is -1.14. The van der Waals surface area contributed by atoms with E-state index in [1.54, 1.807) is 55.6 Å². The first kappa shape index (κ1) is 24.5. The maximum atomic E-state index is 13.5. The maximum Gasteiger partial charge on any atom is 0.291 e. The molecule has 1 aliphatic rings. The Hall–Kier alpha value is -3.19. The highest BCUT2D eigenvalue weighted by molar-refractivity contribution is 6.44. The first-order chi connectivity index (χ1) is 16.0. The highest BCUT2D eigenvalue weighted by Gasteiger charge is 2.52. The van der Waals surface area contributed by atoms with E-state index in [0.29, 0.717) is 35.6 Å². The summed E-state index contributed by atoms with van der Waals surface area (Å²) in [6, 6.07) is 13.1. The number of nitrogens with zero attached hydrogens (tertiary/aromatic N) is 2. The second-order valence-corrected chi connectivity index (χ2v) is 8.00. The molecule has 2 atom stereocenters. The molecule has 0 N–H and O–H groups in total. The molecule has 3 rings (SSSR count). The lowest BCUT2D eigenvalue weighted by Gasteiger charge is -2.29. The number of methoxy groups -OCH3 is 2. The summed E-state index contributed by atoms with van der Waals surface area (Å²) in [7, 11) is 3.08. The van der Waals surface area contributed by atoms with Gasteiger partial charge in [0.1, 0.15) is 17.4 Å². The van der Waals surface area contributed by atoms with E-state index in [1.165, 1.54) is 12.0 Å². The lowest BCUT2D eigenvalue weighted by Crippen LogP contribution is -2.34. The van der Waals surface area contributed by atoms with E-state index < -0.39 is 23.7 Å². The van der Waals surface area contributed by atoms with Gasteiger partial charge in [-0.2, -0.15) is 0 Å². The second kappa shape index (κ2) is 11.1. The van der Waals surface area contributed by atoms with Gasteiger partial charge in [0.05, 0.1) is 20.3 Å². The number of likely N-dealkylation sites (tertiary alicyclic amines) is 1. The SMILES string of the molecule is CCN(CC)CCCN1C(=O)C(=O)C(C(=O)c2ccccc2)C1c1cc(OC)ccc1OC. The van der Waals surface area contributed by atoms with Gasteiger partial charge in [-0.05, 0) is 44.3 Å². The third-order valence-electron chi connectivity index (χ3n) is 6.27. The minimum Gasteiger partial charge on any atom is -0.497 e. The Labute approximate surface area is 195 Å². The van der Waals surface area contributed by atoms with Gasteiger partial charge in [-0.15, -0.1) is 0 Å². The van der Waals surface area contributed by atoms with Crippen LogP contribution < -0.4 is 9.47 Å². The molecule has 0 aliphatic carbocycles. The summed E-state index contributed by atoms with van der Waals surface area (Å²) < 4.78 is 11.0. The molecule has 7 heteroatoms. The third-order valence-corrected chi connectivity index (χ3v) is 6.27. The number of ketones is 2. The average Bonchev–Trinajstić information content (AvgIpc) is 3.11. The topological polar surface area (TPSA) is 76.2 Å². The van der Waals surface area contributed by atoms with E-state index in [0.717, 1.165) is 19.6 Å². The largest absolute Gasteiger partial charge is 0.497 e. The number of hydrogen-bond donors (Lipinski definition) is 0. The Morgan fingerprint density at radius 1 is 1.00 bits per heavy atom. The van der Waals surface area contributed by atoms with Crippen molar-refractivity contribution in [3.05, 3.63) is 59.7 Å². The van der Waals surface area contributed by atoms with Gasteiger partial charge in [0.15, 0.2) is 5.78 Å². The molecule has 1 saturated heterocycles. The highest BCUT2D eigenvalue weighted by atomic mass is 16.5. The first-order valence-corrected chi connectivity index (χ1v) is 11.3. The molecule has 0 saturated carbocycles. The number of carbonyl (C=O) groups is 3. The van der Waals surface area contributed by atoms with Gasteiger partial charge in [-0.25, -0.2) is 0 Å². The molecule has 176 valence electrons. The summed E-state index contributed by atoms with van der Waals surface area (Å²) in [5.41, 5.74) is 0.994. The molecule has 1 fully saturated rings. The number of amides is 1. The van der Waals surface area contributed by atoms with Crippen LogP contribution in [0.2, 0.25) is 0 Å². The first-order valence-electron chi connectivity index (χ1n) is 11.3. The number of hydrogen-bond acceptors (Lipinski definition) is 6. The predicted octanol–water partition coefficient (Wildman–Crippen LogP) is 3.39. The summed E-state index contributed by atoms with van der Waals surface area (Å²) in [4.78, 5) is 43.6. The van der Waals surface area contributed by atoms with Crippen LogP contribution in [0.15, 0.2) is 48.5 Å². The number of benzene rings is 2. The monoisotopic (exact) mass is 452 g/mol. The van der Waals surface area contributed by atoms with Crippen LogP contribution in [-0.4, -0.2) is 67.7 Å². The van der Waals surface area contributed by atoms with Crippen molar-refractivity contribution in [2.45, 2.75) is 26.3 Å². The van der Waals surface area contributed by atoms with E-state index >= 15 is 0 Å². The molecule has 33 heavy (non-hydrogen) atoms. The van der Waals surface area contributed by atoms with Gasteiger partial charge in [0.2, 0.25) is 5.78 Å². The molecule has 2 unspecified atom stereocenters. The fourth-order valence-electron chi connectivity index (χ4n) is 4.43. The summed E-state index contributed by atoms with van der Waals surface area (Å²) >= 11 is 0. The molecule has 0 aromatic heterocycles. The number of Topliss-reactive ketones (excluding diaryl/α,β-unsaturated/α-hetero) is 2. The Morgan fingerprint density at radius 2 is 1.70 bits per heavy atom. The van der Waals surface area contributed by atoms with Crippen molar-refractivity contribution >= 4 is 17.5 Å². The van der Waals surface area contributed by atoms with Crippen LogP contribution in [0.1, 0.15) is 42.2 Å². The Morgan fingerprint density at radius 3 is 2.30 bits per heavy atom. The Kier molecular flexibility index (Phi) is 8.22. The summed E-state index contributed by atoms with van der Waals surface area (Å²) in [6.07, 6.45) is 0.690. The van der Waals surface area contributed by atoms with E-state index in [-0.39, 0.29) is 5.78 Å². The Balaban J connectivity index is 2.04. The van der Waals surface area contributed by atoms with Crippen LogP contribution in [0.25, 0.3) is 0 Å². The van der Waals surface area contributed by atoms with Crippen LogP contribution in [0.5, 0.6) is 11.5 Å². The van der Waals surface area contributed by atoms with Gasteiger partial charge >= 0.3 is 0 Å². The van der Waals surface area contributed by atoms with Crippen LogP contribution in [0.3, 0.4) is 0 Å². The normalized spacial score (nSPS) is 18.2. The standard InChI is InChI=1S/C26H32N2O5/c1-5-27(6-2)15-10-16-28-23(20-17-19(32-3)13-14-21(20)33-4)22(25(30)26(28)31)24(29)18-11-8-7-9-12-18/h7-9,11-14,17,22-23H,5-6,10,15-16H2,1-4H3. The van der Waals surface area contributed by atoms with Crippen LogP contribution in [-0.2, 0) is 9.59 Å². The van der Waals surface area contributed by atoms with Crippen molar-refractivity contribution in [1.82, 2.24) is 9.80 Å². The highest BCUT2D eigenvalue weighted by Crippen LogP contribution is 2.43. The molecule has 0 radical (unpaired) electrons. The number of carbonyl (C=O) groups excluding carboxylic acids is 3. The van der Waals surface area contributed by atoms with Crippen molar-refractivity contribution in [3.8, 4) is 11.5 Å². The summed E-state index contributed by atoms with van der Waals surface area (Å²) in [5, 5.41) is 0. The lowest BCUT2D eigenvalue weighted by atomic mass is 9.86. The van der Waals surface area contributed by atoms with E-state index in [9.17, 15) is 14.4 Å². The van der Waals surface area contributed by atoms with Gasteiger partial charge in [0, 0.05) is 17.7 Å². The zero-order chi connectivity index (χ0) is 24.0. The van der Waals surface area contributed by atoms with Gasteiger partial charge < -0.3 is 19.3 Å². The molecule has 2 aromatic rings. The Bertz CT molecular complexity index is 987. The van der Waals surface area contributed by atoms with Crippen LogP contribution >= 0.6 is 0 Å². The fourth-order valence-corrected chi connectivity index (χ4v) is 4.43. The van der Waals surface area contributed by atoms with E-state index in [1.807, 2.05) is 0 Å². The molecule has 0 spiro atoms. The van der Waals surface area contributed by atoms with Gasteiger partial charge in [-0.1, -0.05) is 44.2 Å². The van der Waals surface area contributed by atoms with E-state index in [4.69, 9.17) is 9.47 Å². The van der Waals surface area contributed by atoms with Crippen molar-refractivity contribution < 1.29 is 23.9 Å². The minimum absolute atomic E-state index is 0.366. The van der Waals surface area contributed by atoms with Crippen LogP contribution in [0.4, 0.5) is 0 Å². The van der Waals surface area contributed by atoms with E-state index in [2.05, 4.69) is 18.7 Å². The summed E-state index contributed by atoms with van der Waals surface area (Å²) in [5.74, 6) is -1.75. The van der Waals surface area contributed by atoms with Crippen molar-refractivity contribution in [1.29, 1.82) is 0 Å². The predicted molar refractivity (Wildman–Crippen MR) is 126 cm³/mol. The summed E-state index contributed by atoms with van der Waals surface area (Å²) in [6.45, 7) is 7.16. The number of ether oxygens (including phenoxy) is 2. The maximum absolute atomic E-state index is 13.5. The smallest absolute Gasteiger partial charge is 0.291 e. The fraction of sp³-hybridized carbons (Fsp3) is 0.423. The zero-order valence-electron chi connectivity index (χ0n) is 19.7. The lowest BCUT2D eigenvalue weighted by molar-refractivity contribution is -0.140. The third kappa shape index (κ3) is 5.09. The molecular formula is C26H32N2O5. The molecular weight excluding hydrogens is 420 g/mol. The van der Waals surface area contributed by atoms with Gasteiger partial charge in [0.25, 0.3) is 5.91 Å². The molecule has 1 amide bonds. The van der Waals surface area contributed by atoms with Gasteiger partial charge in [-0.3, -0.25) is 14.4 Å². The van der Waals surface area contributed by atoms with Crippen molar-refractivity contribution in [3.63, 3.8) is 0 Å². The molecule has 1 heterocycles.